The number of ketones is 1. The van der Waals surface area contributed by atoms with Crippen LogP contribution in [-0.2, 0) is 7.05 Å². The summed E-state index contributed by atoms with van der Waals surface area (Å²) < 4.78 is 2.65. The van der Waals surface area contributed by atoms with Gasteiger partial charge in [0.1, 0.15) is 0 Å². The van der Waals surface area contributed by atoms with Crippen LogP contribution in [0.15, 0.2) is 40.9 Å². The molecule has 0 atom stereocenters. The van der Waals surface area contributed by atoms with Crippen molar-refractivity contribution in [1.29, 1.82) is 0 Å². The predicted molar refractivity (Wildman–Crippen MR) is 75.5 cm³/mol. The number of rotatable bonds is 3. The van der Waals surface area contributed by atoms with Crippen LogP contribution in [0, 0.1) is 6.92 Å². The smallest absolute Gasteiger partial charge is 0.185 e. The van der Waals surface area contributed by atoms with E-state index in [0.29, 0.717) is 5.56 Å². The maximum absolute atomic E-state index is 12.0. The Labute approximate surface area is 114 Å². The minimum Gasteiger partial charge on any atom is -0.289 e. The van der Waals surface area contributed by atoms with E-state index in [4.69, 9.17) is 0 Å². The molecule has 0 radical (unpaired) electrons. The third-order valence-electron chi connectivity index (χ3n) is 2.55. The highest BCUT2D eigenvalue weighted by molar-refractivity contribution is 9.10. The van der Waals surface area contributed by atoms with Gasteiger partial charge in [0, 0.05) is 17.1 Å². The highest BCUT2D eigenvalue weighted by Crippen LogP contribution is 2.13. The average Bonchev–Trinajstić information content (AvgIpc) is 2.65. The first-order chi connectivity index (χ1) is 8.56. The molecule has 1 aromatic heterocycles. The standard InChI is InChI=1S/C14H13BrN2O/c1-10-8-13(17(2)16-10)6-7-14(18)11-4-3-5-12(15)9-11/h3-9H,1-2H3/b7-6+. The van der Waals surface area contributed by atoms with Crippen molar-refractivity contribution in [1.82, 2.24) is 9.78 Å². The highest BCUT2D eigenvalue weighted by Gasteiger charge is 2.03. The molecule has 0 amide bonds. The van der Waals surface area contributed by atoms with E-state index >= 15 is 0 Å². The molecule has 92 valence electrons. The number of nitrogens with zero attached hydrogens (tertiary/aromatic N) is 2. The molecule has 4 heteroatoms. The maximum Gasteiger partial charge on any atom is 0.185 e. The molecule has 2 rings (SSSR count). The van der Waals surface area contributed by atoms with Crippen LogP contribution in [0.25, 0.3) is 6.08 Å². The molecule has 0 N–H and O–H groups in total. The van der Waals surface area contributed by atoms with E-state index in [1.54, 1.807) is 29.0 Å². The number of aryl methyl sites for hydroxylation is 2. The van der Waals surface area contributed by atoms with Crippen molar-refractivity contribution in [2.75, 3.05) is 0 Å². The molecule has 0 fully saturated rings. The molecule has 3 nitrogen and oxygen atoms in total. The zero-order valence-electron chi connectivity index (χ0n) is 10.2. The molecule has 0 aliphatic carbocycles. The lowest BCUT2D eigenvalue weighted by molar-refractivity contribution is 0.104. The molecule has 1 heterocycles. The van der Waals surface area contributed by atoms with Crippen LogP contribution in [0.3, 0.4) is 0 Å². The summed E-state index contributed by atoms with van der Waals surface area (Å²) in [5.41, 5.74) is 2.52. The molecule has 0 saturated carbocycles. The van der Waals surface area contributed by atoms with Crippen LogP contribution < -0.4 is 0 Å². The Kier molecular flexibility index (Phi) is 3.77. The van der Waals surface area contributed by atoms with Gasteiger partial charge in [-0.05, 0) is 37.3 Å². The van der Waals surface area contributed by atoms with Crippen molar-refractivity contribution in [3.05, 3.63) is 57.8 Å². The van der Waals surface area contributed by atoms with Crippen molar-refractivity contribution >= 4 is 27.8 Å². The van der Waals surface area contributed by atoms with E-state index in [0.717, 1.165) is 15.9 Å². The zero-order valence-corrected chi connectivity index (χ0v) is 11.8. The summed E-state index contributed by atoms with van der Waals surface area (Å²) in [4.78, 5) is 12.0. The fourth-order valence-electron chi connectivity index (χ4n) is 1.69. The predicted octanol–water partition coefficient (Wildman–Crippen LogP) is 3.39. The number of benzene rings is 1. The summed E-state index contributed by atoms with van der Waals surface area (Å²) >= 11 is 3.35. The fourth-order valence-corrected chi connectivity index (χ4v) is 2.08. The molecule has 0 bridgehead atoms. The number of halogens is 1. The van der Waals surface area contributed by atoms with Gasteiger partial charge in [-0.3, -0.25) is 9.48 Å². The Morgan fingerprint density at radius 1 is 1.39 bits per heavy atom. The Morgan fingerprint density at radius 2 is 2.17 bits per heavy atom. The SMILES string of the molecule is Cc1cc(/C=C/C(=O)c2cccc(Br)c2)n(C)n1. The van der Waals surface area contributed by atoms with Gasteiger partial charge in [-0.15, -0.1) is 0 Å². The van der Waals surface area contributed by atoms with E-state index in [-0.39, 0.29) is 5.78 Å². The van der Waals surface area contributed by atoms with Gasteiger partial charge in [-0.2, -0.15) is 5.10 Å². The molecule has 0 unspecified atom stereocenters. The van der Waals surface area contributed by atoms with Crippen LogP contribution in [0.4, 0.5) is 0 Å². The summed E-state index contributed by atoms with van der Waals surface area (Å²) in [6, 6.07) is 9.28. The molecular weight excluding hydrogens is 292 g/mol. The number of carbonyl (C=O) groups is 1. The summed E-state index contributed by atoms with van der Waals surface area (Å²) in [7, 11) is 1.86. The monoisotopic (exact) mass is 304 g/mol. The van der Waals surface area contributed by atoms with Crippen molar-refractivity contribution in [3.8, 4) is 0 Å². The number of hydrogen-bond acceptors (Lipinski definition) is 2. The fraction of sp³-hybridized carbons (Fsp3) is 0.143. The second-order valence-electron chi connectivity index (χ2n) is 4.04. The number of carbonyl (C=O) groups excluding carboxylic acids is 1. The first-order valence-electron chi connectivity index (χ1n) is 5.55. The second kappa shape index (κ2) is 5.31. The lowest BCUT2D eigenvalue weighted by Crippen LogP contribution is -1.96. The molecule has 2 aromatic rings. The Bertz CT molecular complexity index is 614. The van der Waals surface area contributed by atoms with Crippen molar-refractivity contribution in [3.63, 3.8) is 0 Å². The van der Waals surface area contributed by atoms with Gasteiger partial charge in [0.05, 0.1) is 11.4 Å². The molecular formula is C14H13BrN2O. The minimum absolute atomic E-state index is 0.0184. The first-order valence-corrected chi connectivity index (χ1v) is 6.34. The molecule has 1 aromatic carbocycles. The van der Waals surface area contributed by atoms with Gasteiger partial charge < -0.3 is 0 Å². The van der Waals surface area contributed by atoms with Gasteiger partial charge in [-0.1, -0.05) is 28.1 Å². The van der Waals surface area contributed by atoms with E-state index in [9.17, 15) is 4.79 Å². The topological polar surface area (TPSA) is 34.9 Å². The van der Waals surface area contributed by atoms with Gasteiger partial charge >= 0.3 is 0 Å². The number of aromatic nitrogens is 2. The van der Waals surface area contributed by atoms with Gasteiger partial charge in [0.2, 0.25) is 0 Å². The number of hydrogen-bond donors (Lipinski definition) is 0. The lowest BCUT2D eigenvalue weighted by Gasteiger charge is -1.97. The van der Waals surface area contributed by atoms with Gasteiger partial charge in [-0.25, -0.2) is 0 Å². The quantitative estimate of drug-likeness (QED) is 0.643. The molecule has 0 spiro atoms. The van der Waals surface area contributed by atoms with Crippen LogP contribution >= 0.6 is 15.9 Å². The Morgan fingerprint density at radius 3 is 2.78 bits per heavy atom. The van der Waals surface area contributed by atoms with Crippen LogP contribution in [-0.4, -0.2) is 15.6 Å². The van der Waals surface area contributed by atoms with E-state index in [1.807, 2.05) is 32.2 Å². The van der Waals surface area contributed by atoms with Gasteiger partial charge in [0.15, 0.2) is 5.78 Å². The molecule has 0 aliphatic heterocycles. The maximum atomic E-state index is 12.0. The second-order valence-corrected chi connectivity index (χ2v) is 4.96. The van der Waals surface area contributed by atoms with Gasteiger partial charge in [0.25, 0.3) is 0 Å². The van der Waals surface area contributed by atoms with E-state index < -0.39 is 0 Å². The number of allylic oxidation sites excluding steroid dienone is 1. The Balaban J connectivity index is 2.19. The Hall–Kier alpha value is -1.68. The molecule has 0 saturated heterocycles. The van der Waals surface area contributed by atoms with Crippen LogP contribution in [0.5, 0.6) is 0 Å². The third kappa shape index (κ3) is 2.96. The van der Waals surface area contributed by atoms with Crippen LogP contribution in [0.2, 0.25) is 0 Å². The van der Waals surface area contributed by atoms with E-state index in [1.165, 1.54) is 0 Å². The summed E-state index contributed by atoms with van der Waals surface area (Å²) in [6.45, 7) is 1.92. The third-order valence-corrected chi connectivity index (χ3v) is 3.05. The molecule has 0 aliphatic rings. The molecule has 18 heavy (non-hydrogen) atoms. The van der Waals surface area contributed by atoms with E-state index in [2.05, 4.69) is 21.0 Å². The van der Waals surface area contributed by atoms with Crippen LogP contribution in [0.1, 0.15) is 21.7 Å². The average molecular weight is 305 g/mol. The van der Waals surface area contributed by atoms with Crippen molar-refractivity contribution in [2.24, 2.45) is 7.05 Å². The highest BCUT2D eigenvalue weighted by atomic mass is 79.9. The lowest BCUT2D eigenvalue weighted by atomic mass is 10.1. The van der Waals surface area contributed by atoms with Crippen molar-refractivity contribution < 1.29 is 4.79 Å². The first kappa shape index (κ1) is 12.8. The largest absolute Gasteiger partial charge is 0.289 e. The summed E-state index contributed by atoms with van der Waals surface area (Å²) in [5.74, 6) is -0.0184. The normalized spacial score (nSPS) is 11.1. The zero-order chi connectivity index (χ0) is 13.1. The summed E-state index contributed by atoms with van der Waals surface area (Å²) in [5, 5.41) is 4.22. The summed E-state index contributed by atoms with van der Waals surface area (Å²) in [6.07, 6.45) is 3.35. The van der Waals surface area contributed by atoms with Crippen molar-refractivity contribution in [2.45, 2.75) is 6.92 Å². The minimum atomic E-state index is -0.0184.